The summed E-state index contributed by atoms with van der Waals surface area (Å²) >= 11 is 1.12. The molecule has 0 saturated heterocycles. The zero-order valence-corrected chi connectivity index (χ0v) is 10.2. The Hall–Kier alpha value is -1.89. The Morgan fingerprint density at radius 2 is 2.35 bits per heavy atom. The maximum absolute atomic E-state index is 11.0. The van der Waals surface area contributed by atoms with Crippen LogP contribution >= 0.6 is 11.5 Å². The van der Waals surface area contributed by atoms with E-state index in [0.717, 1.165) is 17.3 Å². The van der Waals surface area contributed by atoms with E-state index < -0.39 is 5.97 Å². The number of nitrogens with zero attached hydrogens (tertiary/aromatic N) is 2. The fourth-order valence-electron chi connectivity index (χ4n) is 1.38. The van der Waals surface area contributed by atoms with Gasteiger partial charge in [0.2, 0.25) is 5.89 Å². The third-order valence-electron chi connectivity index (χ3n) is 2.15. The van der Waals surface area contributed by atoms with Crippen LogP contribution in [0.15, 0.2) is 10.6 Å². The highest BCUT2D eigenvalue weighted by Crippen LogP contribution is 2.24. The van der Waals surface area contributed by atoms with Gasteiger partial charge in [0, 0.05) is 0 Å². The second kappa shape index (κ2) is 4.54. The molecule has 0 saturated carbocycles. The monoisotopic (exact) mass is 253 g/mol. The molecule has 0 fully saturated rings. The largest absolute Gasteiger partial charge is 0.478 e. The van der Waals surface area contributed by atoms with Gasteiger partial charge in [-0.1, -0.05) is 0 Å². The summed E-state index contributed by atoms with van der Waals surface area (Å²) < 4.78 is 9.28. The topological polar surface area (TPSA) is 88.2 Å². The second-order valence-corrected chi connectivity index (χ2v) is 4.27. The van der Waals surface area contributed by atoms with Crippen LogP contribution < -0.4 is 5.32 Å². The van der Waals surface area contributed by atoms with Crippen LogP contribution in [-0.2, 0) is 6.54 Å². The van der Waals surface area contributed by atoms with Gasteiger partial charge in [0.05, 0.1) is 18.4 Å². The second-order valence-electron chi connectivity index (χ2n) is 3.50. The van der Waals surface area contributed by atoms with E-state index in [1.165, 1.54) is 0 Å². The highest BCUT2D eigenvalue weighted by molar-refractivity contribution is 7.10. The van der Waals surface area contributed by atoms with E-state index in [1.807, 2.05) is 0 Å². The minimum atomic E-state index is -0.984. The van der Waals surface area contributed by atoms with Crippen molar-refractivity contribution < 1.29 is 14.3 Å². The summed E-state index contributed by atoms with van der Waals surface area (Å²) in [4.78, 5) is 15.0. The van der Waals surface area contributed by atoms with Crippen LogP contribution in [0.4, 0.5) is 5.00 Å². The summed E-state index contributed by atoms with van der Waals surface area (Å²) in [6.07, 6.45) is 1.62. The van der Waals surface area contributed by atoms with E-state index in [2.05, 4.69) is 14.7 Å². The molecule has 0 aliphatic carbocycles. The zero-order valence-electron chi connectivity index (χ0n) is 9.35. The molecule has 0 spiro atoms. The van der Waals surface area contributed by atoms with Crippen LogP contribution in [0.5, 0.6) is 0 Å². The van der Waals surface area contributed by atoms with Gasteiger partial charge in [-0.3, -0.25) is 0 Å². The molecule has 2 heterocycles. The smallest absolute Gasteiger partial charge is 0.340 e. The van der Waals surface area contributed by atoms with Crippen molar-refractivity contribution in [3.63, 3.8) is 0 Å². The van der Waals surface area contributed by atoms with Crippen LogP contribution in [-0.4, -0.2) is 20.4 Å². The summed E-state index contributed by atoms with van der Waals surface area (Å²) in [7, 11) is 0. The van der Waals surface area contributed by atoms with E-state index in [0.29, 0.717) is 23.1 Å². The third-order valence-corrected chi connectivity index (χ3v) is 3.04. The number of aromatic carboxylic acids is 1. The number of rotatable bonds is 4. The molecule has 0 radical (unpaired) electrons. The lowest BCUT2D eigenvalue weighted by atomic mass is 10.2. The molecule has 2 aromatic heterocycles. The lowest BCUT2D eigenvalue weighted by Gasteiger charge is -2.01. The minimum Gasteiger partial charge on any atom is -0.478 e. The van der Waals surface area contributed by atoms with Gasteiger partial charge in [0.1, 0.15) is 16.3 Å². The number of carbonyl (C=O) groups is 1. The van der Waals surface area contributed by atoms with Gasteiger partial charge >= 0.3 is 5.97 Å². The molecule has 7 heteroatoms. The molecule has 2 aromatic rings. The molecular formula is C10H11N3O3S. The molecule has 2 rings (SSSR count). The number of hydrogen-bond donors (Lipinski definition) is 2. The zero-order chi connectivity index (χ0) is 12.4. The highest BCUT2D eigenvalue weighted by Gasteiger charge is 2.17. The molecule has 0 aliphatic heterocycles. The molecule has 0 bridgehead atoms. The maximum Gasteiger partial charge on any atom is 0.340 e. The quantitative estimate of drug-likeness (QED) is 0.867. The first-order chi connectivity index (χ1) is 8.08. The van der Waals surface area contributed by atoms with Gasteiger partial charge in [-0.05, 0) is 25.4 Å². The SMILES string of the molecule is Cc1cnc(CNc2snc(C)c2C(=O)O)o1. The maximum atomic E-state index is 11.0. The van der Waals surface area contributed by atoms with Gasteiger partial charge in [0.15, 0.2) is 0 Å². The normalized spacial score (nSPS) is 10.5. The average molecular weight is 253 g/mol. The Balaban J connectivity index is 2.11. The molecule has 0 amide bonds. The molecular weight excluding hydrogens is 242 g/mol. The number of hydrogen-bond acceptors (Lipinski definition) is 6. The van der Waals surface area contributed by atoms with Crippen LogP contribution in [0.1, 0.15) is 27.7 Å². The Labute approximate surface area is 101 Å². The number of nitrogens with one attached hydrogen (secondary N) is 1. The number of aryl methyl sites for hydroxylation is 2. The Bertz CT molecular complexity index is 547. The predicted molar refractivity (Wildman–Crippen MR) is 62.4 cm³/mol. The van der Waals surface area contributed by atoms with Gasteiger partial charge in [-0.25, -0.2) is 9.78 Å². The molecule has 6 nitrogen and oxygen atoms in total. The molecule has 0 atom stereocenters. The van der Waals surface area contributed by atoms with Crippen molar-refractivity contribution in [3.05, 3.63) is 29.1 Å². The van der Waals surface area contributed by atoms with E-state index in [-0.39, 0.29) is 5.56 Å². The number of carboxylic acid groups (broad SMARTS) is 1. The number of anilines is 1. The standard InChI is InChI=1S/C10H11N3O3S/c1-5-3-11-7(16-5)4-12-9-8(10(14)15)6(2)13-17-9/h3,12H,4H2,1-2H3,(H,14,15). The third kappa shape index (κ3) is 2.44. The highest BCUT2D eigenvalue weighted by atomic mass is 32.1. The first-order valence-electron chi connectivity index (χ1n) is 4.92. The predicted octanol–water partition coefficient (Wildman–Crippen LogP) is 2.06. The van der Waals surface area contributed by atoms with Crippen molar-refractivity contribution in [1.82, 2.24) is 9.36 Å². The van der Waals surface area contributed by atoms with Gasteiger partial charge in [-0.2, -0.15) is 4.37 Å². The fourth-order valence-corrected chi connectivity index (χ4v) is 2.16. The molecule has 17 heavy (non-hydrogen) atoms. The molecule has 0 unspecified atom stereocenters. The molecule has 2 N–H and O–H groups in total. The van der Waals surface area contributed by atoms with E-state index >= 15 is 0 Å². The first kappa shape index (κ1) is 11.6. The Kier molecular flexibility index (Phi) is 3.10. The lowest BCUT2D eigenvalue weighted by molar-refractivity contribution is 0.0697. The van der Waals surface area contributed by atoms with Crippen molar-refractivity contribution in [2.24, 2.45) is 0 Å². The average Bonchev–Trinajstić information content (AvgIpc) is 2.82. The number of carboxylic acids is 1. The van der Waals surface area contributed by atoms with Crippen molar-refractivity contribution in [2.75, 3.05) is 5.32 Å². The van der Waals surface area contributed by atoms with E-state index in [1.54, 1.807) is 20.0 Å². The Morgan fingerprint density at radius 1 is 1.59 bits per heavy atom. The van der Waals surface area contributed by atoms with Crippen LogP contribution in [0.3, 0.4) is 0 Å². The van der Waals surface area contributed by atoms with Gasteiger partial charge in [-0.15, -0.1) is 0 Å². The summed E-state index contributed by atoms with van der Waals surface area (Å²) in [6.45, 7) is 3.81. The van der Waals surface area contributed by atoms with E-state index in [4.69, 9.17) is 9.52 Å². The van der Waals surface area contributed by atoms with Crippen molar-refractivity contribution in [1.29, 1.82) is 0 Å². The molecule has 0 aliphatic rings. The van der Waals surface area contributed by atoms with Crippen molar-refractivity contribution in [2.45, 2.75) is 20.4 Å². The van der Waals surface area contributed by atoms with Crippen LogP contribution in [0, 0.1) is 13.8 Å². The van der Waals surface area contributed by atoms with Crippen LogP contribution in [0.25, 0.3) is 0 Å². The van der Waals surface area contributed by atoms with E-state index in [9.17, 15) is 4.79 Å². The molecule has 0 aromatic carbocycles. The summed E-state index contributed by atoms with van der Waals surface area (Å²) in [5.74, 6) is 0.257. The molecule has 90 valence electrons. The summed E-state index contributed by atoms with van der Waals surface area (Å²) in [5.41, 5.74) is 0.715. The number of aromatic nitrogens is 2. The van der Waals surface area contributed by atoms with Gasteiger partial charge in [0.25, 0.3) is 0 Å². The fraction of sp³-hybridized carbons (Fsp3) is 0.300. The van der Waals surface area contributed by atoms with Crippen LogP contribution in [0.2, 0.25) is 0 Å². The minimum absolute atomic E-state index is 0.207. The van der Waals surface area contributed by atoms with Gasteiger partial charge < -0.3 is 14.8 Å². The lowest BCUT2D eigenvalue weighted by Crippen LogP contribution is -2.04. The summed E-state index contributed by atoms with van der Waals surface area (Å²) in [6, 6.07) is 0. The van der Waals surface area contributed by atoms with Crippen molar-refractivity contribution >= 4 is 22.5 Å². The first-order valence-corrected chi connectivity index (χ1v) is 5.70. The van der Waals surface area contributed by atoms with Crippen molar-refractivity contribution in [3.8, 4) is 0 Å². The number of oxazole rings is 1. The Morgan fingerprint density at radius 3 is 2.94 bits per heavy atom. The summed E-state index contributed by atoms with van der Waals surface area (Å²) in [5, 5.41) is 12.5.